The van der Waals surface area contributed by atoms with Gasteiger partial charge in [0.05, 0.1) is 0 Å². The van der Waals surface area contributed by atoms with Crippen molar-refractivity contribution in [2.24, 2.45) is 5.92 Å². The molecule has 0 saturated carbocycles. The first-order chi connectivity index (χ1) is 6.29. The normalized spacial score (nSPS) is 18.6. The second-order valence-corrected chi connectivity index (χ2v) is 4.13. The zero-order valence-corrected chi connectivity index (χ0v) is 8.90. The number of hydrogen-bond donors (Lipinski definition) is 2. The quantitative estimate of drug-likeness (QED) is 0.509. The molecular formula is C11H22N2. The molecule has 0 bridgehead atoms. The summed E-state index contributed by atoms with van der Waals surface area (Å²) in [7, 11) is 0. The molecule has 0 unspecified atom stereocenters. The molecule has 1 saturated heterocycles. The topological polar surface area (TPSA) is 24.1 Å². The predicted molar refractivity (Wildman–Crippen MR) is 57.9 cm³/mol. The molecule has 76 valence electrons. The summed E-state index contributed by atoms with van der Waals surface area (Å²) in [5.41, 5.74) is 1.40. The van der Waals surface area contributed by atoms with E-state index in [4.69, 9.17) is 0 Å². The van der Waals surface area contributed by atoms with Crippen molar-refractivity contribution in [1.82, 2.24) is 10.6 Å². The Morgan fingerprint density at radius 2 is 2.08 bits per heavy atom. The molecule has 1 aliphatic rings. The first-order valence-electron chi connectivity index (χ1n) is 5.34. The molecule has 0 aromatic rings. The molecule has 1 heterocycles. The Balaban J connectivity index is 2.01. The first-order valence-corrected chi connectivity index (χ1v) is 5.34. The average molecular weight is 182 g/mol. The Hall–Kier alpha value is -0.340. The summed E-state index contributed by atoms with van der Waals surface area (Å²) in [5, 5.41) is 6.87. The second-order valence-electron chi connectivity index (χ2n) is 4.13. The van der Waals surface area contributed by atoms with Crippen LogP contribution in [0.5, 0.6) is 0 Å². The van der Waals surface area contributed by atoms with E-state index in [9.17, 15) is 0 Å². The highest BCUT2D eigenvalue weighted by molar-refractivity contribution is 4.94. The maximum absolute atomic E-state index is 3.48. The Morgan fingerprint density at radius 3 is 2.69 bits per heavy atom. The Morgan fingerprint density at radius 1 is 1.38 bits per heavy atom. The summed E-state index contributed by atoms with van der Waals surface area (Å²) in [6.45, 7) is 8.92. The summed E-state index contributed by atoms with van der Waals surface area (Å²) in [4.78, 5) is 0. The Bertz CT molecular complexity index is 153. The zero-order chi connectivity index (χ0) is 9.52. The van der Waals surface area contributed by atoms with Crippen LogP contribution in [0, 0.1) is 5.92 Å². The molecule has 1 rings (SSSR count). The van der Waals surface area contributed by atoms with Crippen molar-refractivity contribution in [3.63, 3.8) is 0 Å². The molecule has 1 aliphatic heterocycles. The first kappa shape index (κ1) is 10.7. The number of piperidine rings is 1. The minimum absolute atomic E-state index is 0.895. The number of nitrogens with one attached hydrogen (secondary N) is 2. The standard InChI is InChI=1S/C11H22N2/c1-10(2)3-6-13-9-11-4-7-12-8-5-11/h3,11-13H,4-9H2,1-2H3. The third-order valence-corrected chi connectivity index (χ3v) is 2.55. The fourth-order valence-corrected chi connectivity index (χ4v) is 1.65. The van der Waals surface area contributed by atoms with Crippen LogP contribution in [0.15, 0.2) is 11.6 Å². The van der Waals surface area contributed by atoms with Gasteiger partial charge in [0.15, 0.2) is 0 Å². The largest absolute Gasteiger partial charge is 0.317 e. The molecule has 2 heteroatoms. The van der Waals surface area contributed by atoms with E-state index in [1.165, 1.54) is 38.0 Å². The van der Waals surface area contributed by atoms with Gasteiger partial charge in [-0.3, -0.25) is 0 Å². The van der Waals surface area contributed by atoms with Gasteiger partial charge in [-0.05, 0) is 52.2 Å². The molecule has 0 spiro atoms. The number of allylic oxidation sites excluding steroid dienone is 1. The highest BCUT2D eigenvalue weighted by Crippen LogP contribution is 2.09. The van der Waals surface area contributed by atoms with E-state index in [1.54, 1.807) is 0 Å². The minimum Gasteiger partial charge on any atom is -0.317 e. The van der Waals surface area contributed by atoms with Crippen molar-refractivity contribution in [2.45, 2.75) is 26.7 Å². The third-order valence-electron chi connectivity index (χ3n) is 2.55. The van der Waals surface area contributed by atoms with Crippen molar-refractivity contribution < 1.29 is 0 Å². The smallest absolute Gasteiger partial charge is 0.0137 e. The maximum Gasteiger partial charge on any atom is 0.0137 e. The second kappa shape index (κ2) is 6.17. The van der Waals surface area contributed by atoms with Gasteiger partial charge in [0.1, 0.15) is 0 Å². The lowest BCUT2D eigenvalue weighted by molar-refractivity contribution is 0.361. The summed E-state index contributed by atoms with van der Waals surface area (Å²) in [6.07, 6.45) is 4.92. The van der Waals surface area contributed by atoms with E-state index in [0.717, 1.165) is 12.5 Å². The summed E-state index contributed by atoms with van der Waals surface area (Å²) in [6, 6.07) is 0. The number of hydrogen-bond acceptors (Lipinski definition) is 2. The number of rotatable bonds is 4. The van der Waals surface area contributed by atoms with Crippen molar-refractivity contribution in [2.75, 3.05) is 26.2 Å². The van der Waals surface area contributed by atoms with Gasteiger partial charge >= 0.3 is 0 Å². The maximum atomic E-state index is 3.48. The molecule has 0 radical (unpaired) electrons. The van der Waals surface area contributed by atoms with Crippen LogP contribution in [0.4, 0.5) is 0 Å². The van der Waals surface area contributed by atoms with E-state index >= 15 is 0 Å². The van der Waals surface area contributed by atoms with Crippen LogP contribution in [-0.4, -0.2) is 26.2 Å². The van der Waals surface area contributed by atoms with Crippen LogP contribution in [0.1, 0.15) is 26.7 Å². The van der Waals surface area contributed by atoms with Gasteiger partial charge in [0.25, 0.3) is 0 Å². The SMILES string of the molecule is CC(C)=CCNCC1CCNCC1. The fourth-order valence-electron chi connectivity index (χ4n) is 1.65. The van der Waals surface area contributed by atoms with Gasteiger partial charge in [0, 0.05) is 6.54 Å². The minimum atomic E-state index is 0.895. The van der Waals surface area contributed by atoms with E-state index in [1.807, 2.05) is 0 Å². The van der Waals surface area contributed by atoms with Gasteiger partial charge < -0.3 is 10.6 Å². The predicted octanol–water partition coefficient (Wildman–Crippen LogP) is 1.54. The molecule has 2 N–H and O–H groups in total. The van der Waals surface area contributed by atoms with E-state index in [0.29, 0.717) is 0 Å². The van der Waals surface area contributed by atoms with Gasteiger partial charge in [-0.15, -0.1) is 0 Å². The van der Waals surface area contributed by atoms with Crippen molar-refractivity contribution >= 4 is 0 Å². The van der Waals surface area contributed by atoms with Crippen LogP contribution < -0.4 is 10.6 Å². The monoisotopic (exact) mass is 182 g/mol. The molecule has 1 fully saturated rings. The lowest BCUT2D eigenvalue weighted by atomic mass is 9.98. The van der Waals surface area contributed by atoms with Crippen molar-refractivity contribution in [3.8, 4) is 0 Å². The molecule has 13 heavy (non-hydrogen) atoms. The highest BCUT2D eigenvalue weighted by atomic mass is 14.9. The molecule has 0 aromatic heterocycles. The van der Waals surface area contributed by atoms with Crippen molar-refractivity contribution in [3.05, 3.63) is 11.6 Å². The van der Waals surface area contributed by atoms with Crippen LogP contribution in [0.2, 0.25) is 0 Å². The lowest BCUT2D eigenvalue weighted by Gasteiger charge is -2.22. The molecule has 0 amide bonds. The van der Waals surface area contributed by atoms with Gasteiger partial charge in [-0.1, -0.05) is 11.6 Å². The van der Waals surface area contributed by atoms with Crippen LogP contribution in [0.25, 0.3) is 0 Å². The summed E-state index contributed by atoms with van der Waals surface area (Å²) >= 11 is 0. The van der Waals surface area contributed by atoms with E-state index in [-0.39, 0.29) is 0 Å². The van der Waals surface area contributed by atoms with Crippen LogP contribution in [-0.2, 0) is 0 Å². The third kappa shape index (κ3) is 5.06. The molecule has 0 aromatic carbocycles. The Kier molecular flexibility index (Phi) is 5.09. The van der Waals surface area contributed by atoms with Crippen molar-refractivity contribution in [1.29, 1.82) is 0 Å². The fraction of sp³-hybridized carbons (Fsp3) is 0.818. The average Bonchev–Trinajstić information content (AvgIpc) is 2.14. The molecular weight excluding hydrogens is 160 g/mol. The molecule has 2 nitrogen and oxygen atoms in total. The van der Waals surface area contributed by atoms with Gasteiger partial charge in [0.2, 0.25) is 0 Å². The zero-order valence-electron chi connectivity index (χ0n) is 8.90. The van der Waals surface area contributed by atoms with Crippen LogP contribution >= 0.6 is 0 Å². The summed E-state index contributed by atoms with van der Waals surface area (Å²) < 4.78 is 0. The highest BCUT2D eigenvalue weighted by Gasteiger charge is 2.11. The Labute approximate surface area is 81.8 Å². The van der Waals surface area contributed by atoms with E-state index < -0.39 is 0 Å². The van der Waals surface area contributed by atoms with E-state index in [2.05, 4.69) is 30.6 Å². The van der Waals surface area contributed by atoms with Gasteiger partial charge in [-0.25, -0.2) is 0 Å². The molecule has 0 atom stereocenters. The van der Waals surface area contributed by atoms with Crippen LogP contribution in [0.3, 0.4) is 0 Å². The van der Waals surface area contributed by atoms with Gasteiger partial charge in [-0.2, -0.15) is 0 Å². The molecule has 0 aliphatic carbocycles. The lowest BCUT2D eigenvalue weighted by Crippen LogP contribution is -2.33. The summed E-state index contributed by atoms with van der Waals surface area (Å²) in [5.74, 6) is 0.895.